The average molecular weight is 364 g/mol. The van der Waals surface area contributed by atoms with Gasteiger partial charge < -0.3 is 14.2 Å². The summed E-state index contributed by atoms with van der Waals surface area (Å²) < 4.78 is 17.4. The van der Waals surface area contributed by atoms with Gasteiger partial charge in [0, 0.05) is 18.8 Å². The third kappa shape index (κ3) is 5.56. The maximum atomic E-state index is 5.89. The van der Waals surface area contributed by atoms with Crippen molar-refractivity contribution in [2.75, 3.05) is 13.2 Å². The lowest BCUT2D eigenvalue weighted by Gasteiger charge is -2.22. The van der Waals surface area contributed by atoms with Crippen molar-refractivity contribution in [3.05, 3.63) is 83.4 Å². The molecule has 3 heteroatoms. The smallest absolute Gasteiger partial charge is 0.183 e. The molecular formula is C24H28O3. The minimum absolute atomic E-state index is 0.274. The molecular weight excluding hydrogens is 336 g/mol. The molecule has 0 bridgehead atoms. The maximum absolute atomic E-state index is 5.89. The molecule has 2 aromatic carbocycles. The van der Waals surface area contributed by atoms with E-state index in [1.165, 1.54) is 16.7 Å². The van der Waals surface area contributed by atoms with Gasteiger partial charge >= 0.3 is 0 Å². The van der Waals surface area contributed by atoms with Crippen LogP contribution in [0, 0.1) is 0 Å². The van der Waals surface area contributed by atoms with E-state index in [9.17, 15) is 0 Å². The predicted octanol–water partition coefficient (Wildman–Crippen LogP) is 5.77. The van der Waals surface area contributed by atoms with Gasteiger partial charge in [-0.3, -0.25) is 0 Å². The number of rotatable bonds is 9. The Hall–Kier alpha value is -2.36. The van der Waals surface area contributed by atoms with Crippen molar-refractivity contribution < 1.29 is 14.2 Å². The second-order valence-corrected chi connectivity index (χ2v) is 6.45. The zero-order chi connectivity index (χ0) is 18.9. The van der Waals surface area contributed by atoms with Crippen LogP contribution in [0.1, 0.15) is 37.8 Å². The van der Waals surface area contributed by atoms with Crippen LogP contribution in [0.25, 0.3) is 5.57 Å². The Labute approximate surface area is 162 Å². The van der Waals surface area contributed by atoms with E-state index in [1.54, 1.807) is 0 Å². The van der Waals surface area contributed by atoms with Crippen LogP contribution in [0.2, 0.25) is 0 Å². The normalized spacial score (nSPS) is 14.0. The molecule has 3 rings (SSSR count). The number of hydrogen-bond donors (Lipinski definition) is 0. The van der Waals surface area contributed by atoms with Gasteiger partial charge in [-0.05, 0) is 55.5 Å². The molecule has 1 aliphatic rings. The highest BCUT2D eigenvalue weighted by molar-refractivity contribution is 5.70. The Kier molecular flexibility index (Phi) is 7.26. The fourth-order valence-electron chi connectivity index (χ4n) is 3.17. The zero-order valence-corrected chi connectivity index (χ0v) is 16.2. The van der Waals surface area contributed by atoms with Crippen LogP contribution < -0.4 is 4.74 Å². The van der Waals surface area contributed by atoms with Gasteiger partial charge in [0.05, 0.1) is 0 Å². The lowest BCUT2D eigenvalue weighted by molar-refractivity contribution is -0.109. The van der Waals surface area contributed by atoms with E-state index in [4.69, 9.17) is 14.2 Å². The summed E-state index contributed by atoms with van der Waals surface area (Å²) in [5, 5.41) is 0. The summed E-state index contributed by atoms with van der Waals surface area (Å²) in [5.74, 6) is 0.885. The first-order valence-corrected chi connectivity index (χ1v) is 9.71. The molecule has 0 aromatic heterocycles. The van der Waals surface area contributed by atoms with E-state index < -0.39 is 0 Å². The summed E-state index contributed by atoms with van der Waals surface area (Å²) >= 11 is 0. The molecule has 0 amide bonds. The summed E-state index contributed by atoms with van der Waals surface area (Å²) in [6.45, 7) is 5.85. The van der Waals surface area contributed by atoms with Gasteiger partial charge in [0.2, 0.25) is 0 Å². The van der Waals surface area contributed by atoms with Gasteiger partial charge in [0.15, 0.2) is 6.29 Å². The fraction of sp³-hybridized carbons (Fsp3) is 0.333. The third-order valence-electron chi connectivity index (χ3n) is 4.52. The Morgan fingerprint density at radius 3 is 2.26 bits per heavy atom. The molecule has 2 aromatic rings. The van der Waals surface area contributed by atoms with Gasteiger partial charge in [-0.2, -0.15) is 0 Å². The summed E-state index contributed by atoms with van der Waals surface area (Å²) in [7, 11) is 0. The van der Waals surface area contributed by atoms with Gasteiger partial charge in [-0.1, -0.05) is 54.6 Å². The summed E-state index contributed by atoms with van der Waals surface area (Å²) in [5.41, 5.74) is 4.82. The topological polar surface area (TPSA) is 27.7 Å². The lowest BCUT2D eigenvalue weighted by atomic mass is 9.93. The molecule has 0 radical (unpaired) electrons. The van der Waals surface area contributed by atoms with E-state index >= 15 is 0 Å². The first-order valence-electron chi connectivity index (χ1n) is 9.71. The molecule has 3 nitrogen and oxygen atoms in total. The summed E-state index contributed by atoms with van der Waals surface area (Å²) in [4.78, 5) is 0. The van der Waals surface area contributed by atoms with Crippen molar-refractivity contribution in [3.8, 4) is 5.75 Å². The molecule has 0 unspecified atom stereocenters. The molecule has 142 valence electrons. The first-order chi connectivity index (χ1) is 13.3. The molecule has 0 fully saturated rings. The molecule has 0 heterocycles. The predicted molar refractivity (Wildman–Crippen MR) is 110 cm³/mol. The Morgan fingerprint density at radius 2 is 1.59 bits per heavy atom. The van der Waals surface area contributed by atoms with E-state index in [-0.39, 0.29) is 6.29 Å². The van der Waals surface area contributed by atoms with E-state index in [2.05, 4.69) is 36.4 Å². The number of hydrogen-bond acceptors (Lipinski definition) is 3. The second-order valence-electron chi connectivity index (χ2n) is 6.45. The molecule has 0 aliphatic heterocycles. The van der Waals surface area contributed by atoms with E-state index in [0.717, 1.165) is 24.2 Å². The standard InChI is InChI=1S/C24H28O3/c1-3-25-24(26-4-2)22-12-8-11-21(17-22)20-13-15-23(16-14-20)27-18-19-9-6-5-7-10-19/h5-7,9-10,12-17,24H,3-4,8,11,18H2,1-2H3. The highest BCUT2D eigenvalue weighted by Crippen LogP contribution is 2.30. The van der Waals surface area contributed by atoms with Crippen molar-refractivity contribution in [2.24, 2.45) is 0 Å². The van der Waals surface area contributed by atoms with Gasteiger partial charge in [-0.15, -0.1) is 0 Å². The van der Waals surface area contributed by atoms with Gasteiger partial charge in [0.25, 0.3) is 0 Å². The van der Waals surface area contributed by atoms with Crippen molar-refractivity contribution in [1.29, 1.82) is 0 Å². The minimum atomic E-state index is -0.274. The van der Waals surface area contributed by atoms with Crippen molar-refractivity contribution in [1.82, 2.24) is 0 Å². The number of ether oxygens (including phenoxy) is 3. The van der Waals surface area contributed by atoms with E-state index in [1.807, 2.05) is 44.2 Å². The lowest BCUT2D eigenvalue weighted by Crippen LogP contribution is -2.20. The molecule has 0 N–H and O–H groups in total. The fourth-order valence-corrected chi connectivity index (χ4v) is 3.17. The molecule has 0 atom stereocenters. The minimum Gasteiger partial charge on any atom is -0.489 e. The van der Waals surface area contributed by atoms with Crippen LogP contribution in [0.5, 0.6) is 5.75 Å². The van der Waals surface area contributed by atoms with Crippen LogP contribution in [0.4, 0.5) is 0 Å². The molecule has 0 spiro atoms. The maximum Gasteiger partial charge on any atom is 0.183 e. The monoisotopic (exact) mass is 364 g/mol. The summed E-state index contributed by atoms with van der Waals surface area (Å²) in [6, 6.07) is 18.6. The molecule has 1 aliphatic carbocycles. The quantitative estimate of drug-likeness (QED) is 0.529. The van der Waals surface area contributed by atoms with Crippen molar-refractivity contribution in [3.63, 3.8) is 0 Å². The Balaban J connectivity index is 1.66. The van der Waals surface area contributed by atoms with Crippen LogP contribution in [0.3, 0.4) is 0 Å². The highest BCUT2D eigenvalue weighted by Gasteiger charge is 2.17. The van der Waals surface area contributed by atoms with Gasteiger partial charge in [-0.25, -0.2) is 0 Å². The molecule has 0 saturated carbocycles. The Morgan fingerprint density at radius 1 is 0.889 bits per heavy atom. The SMILES string of the molecule is CCOC(OCC)C1=CCCC(c2ccc(OCc3ccccc3)cc2)=C1. The molecule has 0 saturated heterocycles. The van der Waals surface area contributed by atoms with Crippen LogP contribution in [0.15, 0.2) is 72.3 Å². The van der Waals surface area contributed by atoms with Crippen LogP contribution >= 0.6 is 0 Å². The van der Waals surface area contributed by atoms with Crippen molar-refractivity contribution in [2.45, 2.75) is 39.6 Å². The summed E-state index contributed by atoms with van der Waals surface area (Å²) in [6.07, 6.45) is 6.18. The second kappa shape index (κ2) is 10.1. The van der Waals surface area contributed by atoms with Crippen LogP contribution in [-0.2, 0) is 16.1 Å². The van der Waals surface area contributed by atoms with E-state index in [0.29, 0.717) is 19.8 Å². The highest BCUT2D eigenvalue weighted by atomic mass is 16.7. The largest absolute Gasteiger partial charge is 0.489 e. The van der Waals surface area contributed by atoms with Crippen molar-refractivity contribution >= 4 is 5.57 Å². The van der Waals surface area contributed by atoms with Crippen LogP contribution in [-0.4, -0.2) is 19.5 Å². The number of allylic oxidation sites excluding steroid dienone is 2. The Bertz CT molecular complexity index is 754. The third-order valence-corrected chi connectivity index (χ3v) is 4.52. The first kappa shape index (κ1) is 19.4. The van der Waals surface area contributed by atoms with Gasteiger partial charge in [0.1, 0.15) is 12.4 Å². The molecule has 27 heavy (non-hydrogen) atoms. The number of benzene rings is 2. The zero-order valence-electron chi connectivity index (χ0n) is 16.2. The average Bonchev–Trinajstić information content (AvgIpc) is 2.73.